The third-order valence-electron chi connectivity index (χ3n) is 4.90. The van der Waals surface area contributed by atoms with Crippen LogP contribution in [0.1, 0.15) is 27.4 Å². The lowest BCUT2D eigenvalue weighted by molar-refractivity contribution is 0.0335. The van der Waals surface area contributed by atoms with Gasteiger partial charge in [0.1, 0.15) is 17.9 Å². The van der Waals surface area contributed by atoms with Gasteiger partial charge < -0.3 is 18.7 Å². The maximum atomic E-state index is 12.5. The predicted octanol–water partition coefficient (Wildman–Crippen LogP) is 2.80. The first-order chi connectivity index (χ1) is 15.5. The topological polar surface area (TPSA) is 119 Å². The van der Waals surface area contributed by atoms with Crippen molar-refractivity contribution in [2.24, 2.45) is 0 Å². The van der Waals surface area contributed by atoms with E-state index in [1.54, 1.807) is 43.3 Å². The maximum Gasteiger partial charge on any atom is 0.340 e. The molecule has 2 aromatic heterocycles. The molecule has 0 aliphatic rings. The zero-order chi connectivity index (χ0) is 22.7. The summed E-state index contributed by atoms with van der Waals surface area (Å²) in [5, 5.41) is 12.0. The molecule has 0 spiro atoms. The van der Waals surface area contributed by atoms with E-state index in [-0.39, 0.29) is 18.9 Å². The fraction of sp³-hybridized carbons (Fsp3) is 0.227. The lowest BCUT2D eigenvalue weighted by Gasteiger charge is -2.12. The lowest BCUT2D eigenvalue weighted by Crippen LogP contribution is -2.26. The minimum absolute atomic E-state index is 0.230. The summed E-state index contributed by atoms with van der Waals surface area (Å²) in [6.45, 7) is 3.50. The van der Waals surface area contributed by atoms with Crippen molar-refractivity contribution in [2.75, 3.05) is 7.11 Å². The molecule has 0 N–H and O–H groups in total. The third kappa shape index (κ3) is 4.15. The van der Waals surface area contributed by atoms with Crippen molar-refractivity contribution in [1.29, 1.82) is 0 Å². The van der Waals surface area contributed by atoms with E-state index in [2.05, 4.69) is 15.5 Å². The number of methoxy groups -OCH3 is 1. The van der Waals surface area contributed by atoms with Crippen LogP contribution < -0.4 is 15.0 Å². The number of nitrogens with zero attached hydrogens (tertiary/aromatic N) is 4. The first kappa shape index (κ1) is 21.0. The van der Waals surface area contributed by atoms with Crippen molar-refractivity contribution in [1.82, 2.24) is 20.2 Å². The number of hydrogen-bond acceptors (Lipinski definition) is 9. The molecule has 0 unspecified atom stereocenters. The zero-order valence-corrected chi connectivity index (χ0v) is 17.7. The Balaban J connectivity index is 1.46. The Morgan fingerprint density at radius 1 is 1.12 bits per heavy atom. The number of rotatable bonds is 7. The van der Waals surface area contributed by atoms with Crippen molar-refractivity contribution in [2.45, 2.75) is 27.2 Å². The van der Waals surface area contributed by atoms with Crippen molar-refractivity contribution < 1.29 is 23.5 Å². The van der Waals surface area contributed by atoms with Gasteiger partial charge in [-0.15, -0.1) is 5.10 Å². The smallest absolute Gasteiger partial charge is 0.340 e. The molecule has 0 fully saturated rings. The fourth-order valence-electron chi connectivity index (χ4n) is 3.08. The van der Waals surface area contributed by atoms with Gasteiger partial charge in [-0.25, -0.2) is 4.79 Å². The van der Waals surface area contributed by atoms with Crippen LogP contribution in [-0.2, 0) is 18.1 Å². The molecule has 10 nitrogen and oxygen atoms in total. The number of carbonyl (C=O) groups excluding carboxylic acids is 1. The van der Waals surface area contributed by atoms with Crippen LogP contribution in [0.2, 0.25) is 0 Å². The van der Waals surface area contributed by atoms with E-state index in [0.717, 1.165) is 15.9 Å². The van der Waals surface area contributed by atoms with Crippen molar-refractivity contribution in [3.8, 4) is 11.5 Å². The standard InChI is InChI=1S/C22H20N4O6/c1-13-17(14(2)32-24-13)11-30-19-9-8-15(10-20(19)29-3)22(28)31-12-26-21(27)16-6-4-5-7-18(16)23-25-26/h4-10H,11-12H2,1-3H3. The average molecular weight is 436 g/mol. The normalized spacial score (nSPS) is 10.8. The summed E-state index contributed by atoms with van der Waals surface area (Å²) in [5.74, 6) is 0.825. The van der Waals surface area contributed by atoms with Crippen molar-refractivity contribution >= 4 is 16.9 Å². The minimum atomic E-state index is -0.651. The average Bonchev–Trinajstić information content (AvgIpc) is 3.14. The molecule has 2 heterocycles. The second kappa shape index (κ2) is 8.88. The third-order valence-corrected chi connectivity index (χ3v) is 4.90. The summed E-state index contributed by atoms with van der Waals surface area (Å²) >= 11 is 0. The molecule has 32 heavy (non-hydrogen) atoms. The summed E-state index contributed by atoms with van der Waals surface area (Å²) in [4.78, 5) is 25.0. The van der Waals surface area contributed by atoms with E-state index in [9.17, 15) is 9.59 Å². The van der Waals surface area contributed by atoms with Crippen LogP contribution in [0.5, 0.6) is 11.5 Å². The largest absolute Gasteiger partial charge is 0.493 e. The quantitative estimate of drug-likeness (QED) is 0.403. The monoisotopic (exact) mass is 436 g/mol. The van der Waals surface area contributed by atoms with Gasteiger partial charge in [-0.05, 0) is 44.2 Å². The highest BCUT2D eigenvalue weighted by molar-refractivity contribution is 5.90. The van der Waals surface area contributed by atoms with Crippen LogP contribution in [-0.4, -0.2) is 33.2 Å². The maximum absolute atomic E-state index is 12.5. The van der Waals surface area contributed by atoms with Gasteiger partial charge in [0.2, 0.25) is 0 Å². The second-order valence-corrected chi connectivity index (χ2v) is 6.93. The van der Waals surface area contributed by atoms with Crippen molar-refractivity contribution in [3.05, 3.63) is 75.4 Å². The van der Waals surface area contributed by atoms with Gasteiger partial charge in [0.25, 0.3) is 5.56 Å². The molecular formula is C22H20N4O6. The Kier molecular flexibility index (Phi) is 5.84. The fourth-order valence-corrected chi connectivity index (χ4v) is 3.08. The molecule has 0 aliphatic carbocycles. The van der Waals surface area contributed by atoms with Gasteiger partial charge in [0.15, 0.2) is 18.2 Å². The number of esters is 1. The zero-order valence-electron chi connectivity index (χ0n) is 17.7. The van der Waals surface area contributed by atoms with E-state index in [4.69, 9.17) is 18.7 Å². The van der Waals surface area contributed by atoms with Crippen LogP contribution >= 0.6 is 0 Å². The Morgan fingerprint density at radius 3 is 2.69 bits per heavy atom. The minimum Gasteiger partial charge on any atom is -0.493 e. The molecule has 0 saturated carbocycles. The number of aromatic nitrogens is 4. The molecule has 0 saturated heterocycles. The number of carbonyl (C=O) groups is 1. The highest BCUT2D eigenvalue weighted by atomic mass is 16.5. The van der Waals surface area contributed by atoms with Gasteiger partial charge in [-0.3, -0.25) is 4.79 Å². The summed E-state index contributed by atoms with van der Waals surface area (Å²) in [5.41, 5.74) is 1.89. The summed E-state index contributed by atoms with van der Waals surface area (Å²) in [6.07, 6.45) is 0. The number of benzene rings is 2. The van der Waals surface area contributed by atoms with E-state index in [1.807, 2.05) is 6.92 Å². The Bertz CT molecular complexity index is 1320. The molecule has 0 bridgehead atoms. The second-order valence-electron chi connectivity index (χ2n) is 6.93. The molecule has 2 aromatic carbocycles. The molecule has 0 atom stereocenters. The molecule has 4 aromatic rings. The summed E-state index contributed by atoms with van der Waals surface area (Å²) < 4.78 is 22.5. The molecule has 0 amide bonds. The van der Waals surface area contributed by atoms with Gasteiger partial charge in [-0.1, -0.05) is 22.5 Å². The van der Waals surface area contributed by atoms with Gasteiger partial charge >= 0.3 is 5.97 Å². The molecule has 10 heteroatoms. The Hall–Kier alpha value is -4.21. The van der Waals surface area contributed by atoms with Crippen LogP contribution in [0, 0.1) is 13.8 Å². The van der Waals surface area contributed by atoms with E-state index < -0.39 is 11.5 Å². The van der Waals surface area contributed by atoms with E-state index >= 15 is 0 Å². The van der Waals surface area contributed by atoms with Crippen molar-refractivity contribution in [3.63, 3.8) is 0 Å². The van der Waals surface area contributed by atoms with E-state index in [1.165, 1.54) is 13.2 Å². The Labute approximate surface area is 182 Å². The van der Waals surface area contributed by atoms with Crippen LogP contribution in [0.15, 0.2) is 51.8 Å². The Morgan fingerprint density at radius 2 is 1.94 bits per heavy atom. The van der Waals surface area contributed by atoms with Gasteiger partial charge in [0, 0.05) is 0 Å². The molecule has 164 valence electrons. The molecular weight excluding hydrogens is 416 g/mol. The summed E-state index contributed by atoms with van der Waals surface area (Å²) in [7, 11) is 1.47. The van der Waals surface area contributed by atoms with Gasteiger partial charge in [-0.2, -0.15) is 4.68 Å². The van der Waals surface area contributed by atoms with Gasteiger partial charge in [0.05, 0.1) is 29.3 Å². The van der Waals surface area contributed by atoms with Crippen LogP contribution in [0.4, 0.5) is 0 Å². The highest BCUT2D eigenvalue weighted by Crippen LogP contribution is 2.29. The number of fused-ring (bicyclic) bond motifs is 1. The number of hydrogen-bond donors (Lipinski definition) is 0. The first-order valence-electron chi connectivity index (χ1n) is 9.70. The van der Waals surface area contributed by atoms with Crippen LogP contribution in [0.25, 0.3) is 10.9 Å². The molecule has 0 radical (unpaired) electrons. The molecule has 4 rings (SSSR count). The summed E-state index contributed by atoms with van der Waals surface area (Å²) in [6, 6.07) is 11.5. The molecule has 0 aliphatic heterocycles. The number of aryl methyl sites for hydroxylation is 2. The predicted molar refractivity (Wildman–Crippen MR) is 113 cm³/mol. The number of ether oxygens (including phenoxy) is 3. The van der Waals surface area contributed by atoms with E-state index in [0.29, 0.717) is 28.2 Å². The SMILES string of the molecule is COc1cc(C(=O)OCn2nnc3ccccc3c2=O)ccc1OCc1c(C)noc1C. The first-order valence-corrected chi connectivity index (χ1v) is 9.70. The highest BCUT2D eigenvalue weighted by Gasteiger charge is 2.16. The van der Waals surface area contributed by atoms with Crippen LogP contribution in [0.3, 0.4) is 0 Å². The lowest BCUT2D eigenvalue weighted by atomic mass is 10.2.